The number of carbonyl (C=O) groups is 1. The van der Waals surface area contributed by atoms with Crippen molar-refractivity contribution in [2.45, 2.75) is 0 Å². The van der Waals surface area contributed by atoms with Crippen molar-refractivity contribution in [2.24, 2.45) is 0 Å². The van der Waals surface area contributed by atoms with Gasteiger partial charge >= 0.3 is 5.97 Å². The molecule has 5 aromatic carbocycles. The summed E-state index contributed by atoms with van der Waals surface area (Å²) in [6, 6.07) is 38.0. The first-order chi connectivity index (χ1) is 17.7. The van der Waals surface area contributed by atoms with Crippen LogP contribution >= 0.6 is 0 Å². The molecule has 170 valence electrons. The minimum absolute atomic E-state index is 0.468. The van der Waals surface area contributed by atoms with Gasteiger partial charge in [-0.05, 0) is 52.6 Å². The maximum Gasteiger partial charge on any atom is 0.335 e. The van der Waals surface area contributed by atoms with E-state index in [2.05, 4.69) is 96.1 Å². The monoisotopic (exact) mass is 463 g/mol. The molecular weight excluding hydrogens is 442 g/mol. The van der Waals surface area contributed by atoms with Crippen LogP contribution in [0.25, 0.3) is 60.9 Å². The van der Waals surface area contributed by atoms with Gasteiger partial charge in [0.2, 0.25) is 0 Å². The molecule has 0 bridgehead atoms. The van der Waals surface area contributed by atoms with Crippen LogP contribution in [0.4, 0.5) is 0 Å². The summed E-state index contributed by atoms with van der Waals surface area (Å²) in [7, 11) is 0. The second-order valence-electron chi connectivity index (χ2n) is 8.98. The fourth-order valence-corrected chi connectivity index (χ4v) is 5.46. The van der Waals surface area contributed by atoms with E-state index in [1.165, 1.54) is 44.6 Å². The molecular formula is C33H21NO2. The summed E-state index contributed by atoms with van der Waals surface area (Å²) in [4.78, 5) is 11.7. The van der Waals surface area contributed by atoms with E-state index in [-0.39, 0.29) is 0 Å². The highest BCUT2D eigenvalue weighted by Crippen LogP contribution is 2.47. The van der Waals surface area contributed by atoms with E-state index in [0.29, 0.717) is 5.75 Å². The second kappa shape index (κ2) is 7.82. The van der Waals surface area contributed by atoms with Gasteiger partial charge in [0, 0.05) is 28.0 Å². The molecule has 3 nitrogen and oxygen atoms in total. The van der Waals surface area contributed by atoms with Crippen molar-refractivity contribution >= 4 is 27.8 Å². The lowest BCUT2D eigenvalue weighted by atomic mass is 9.92. The zero-order valence-corrected chi connectivity index (χ0v) is 19.4. The number of para-hydroxylation sites is 2. The van der Waals surface area contributed by atoms with Crippen LogP contribution in [0.15, 0.2) is 122 Å². The van der Waals surface area contributed by atoms with Gasteiger partial charge in [-0.3, -0.25) is 0 Å². The number of hydrogen-bond donors (Lipinski definition) is 0. The maximum absolute atomic E-state index is 11.7. The Morgan fingerprint density at radius 3 is 2.22 bits per heavy atom. The predicted molar refractivity (Wildman–Crippen MR) is 146 cm³/mol. The molecule has 0 N–H and O–H groups in total. The van der Waals surface area contributed by atoms with Crippen LogP contribution in [0.3, 0.4) is 0 Å². The number of rotatable bonds is 3. The van der Waals surface area contributed by atoms with Crippen LogP contribution in [-0.4, -0.2) is 10.5 Å². The van der Waals surface area contributed by atoms with Crippen molar-refractivity contribution < 1.29 is 9.53 Å². The van der Waals surface area contributed by atoms with Crippen molar-refractivity contribution in [3.63, 3.8) is 0 Å². The minimum atomic E-state index is -0.468. The third-order valence-corrected chi connectivity index (χ3v) is 6.99. The zero-order chi connectivity index (χ0) is 24.2. The summed E-state index contributed by atoms with van der Waals surface area (Å²) in [5.74, 6) is 0.0301. The molecule has 1 aliphatic rings. The van der Waals surface area contributed by atoms with Crippen LogP contribution < -0.4 is 4.74 Å². The average molecular weight is 464 g/mol. The molecule has 1 aliphatic heterocycles. The lowest BCUT2D eigenvalue weighted by molar-refractivity contribution is -0.128. The summed E-state index contributed by atoms with van der Waals surface area (Å²) in [6.07, 6.45) is 1.17. The van der Waals surface area contributed by atoms with Gasteiger partial charge in [-0.1, -0.05) is 85.4 Å². The highest BCUT2D eigenvalue weighted by atomic mass is 16.5. The summed E-state index contributed by atoms with van der Waals surface area (Å²) in [5.41, 5.74) is 10.4. The Labute approximate surface area is 208 Å². The summed E-state index contributed by atoms with van der Waals surface area (Å²) < 4.78 is 7.78. The molecule has 2 heterocycles. The van der Waals surface area contributed by atoms with Crippen LogP contribution in [-0.2, 0) is 4.79 Å². The smallest absolute Gasteiger partial charge is 0.335 e. The number of benzene rings is 5. The first-order valence-corrected chi connectivity index (χ1v) is 11.9. The highest BCUT2D eigenvalue weighted by Gasteiger charge is 2.24. The van der Waals surface area contributed by atoms with Crippen LogP contribution in [0.1, 0.15) is 0 Å². The van der Waals surface area contributed by atoms with Gasteiger partial charge in [0.1, 0.15) is 5.75 Å². The molecule has 6 aromatic rings. The van der Waals surface area contributed by atoms with Gasteiger partial charge < -0.3 is 9.30 Å². The van der Waals surface area contributed by atoms with E-state index < -0.39 is 5.97 Å². The first kappa shape index (κ1) is 20.5. The molecule has 0 spiro atoms. The molecule has 1 aromatic heterocycles. The highest BCUT2D eigenvalue weighted by molar-refractivity contribution is 6.16. The van der Waals surface area contributed by atoms with Crippen molar-refractivity contribution in [1.29, 1.82) is 0 Å². The summed E-state index contributed by atoms with van der Waals surface area (Å²) >= 11 is 0. The Morgan fingerprint density at radius 1 is 0.667 bits per heavy atom. The largest absolute Gasteiger partial charge is 0.423 e. The Kier molecular flexibility index (Phi) is 4.45. The fourth-order valence-electron chi connectivity index (χ4n) is 5.46. The van der Waals surface area contributed by atoms with Crippen molar-refractivity contribution in [2.75, 3.05) is 0 Å². The molecule has 0 saturated carbocycles. The molecule has 0 amide bonds. The number of nitrogens with zero attached hydrogens (tertiary/aromatic N) is 1. The van der Waals surface area contributed by atoms with Crippen LogP contribution in [0.5, 0.6) is 5.75 Å². The van der Waals surface area contributed by atoms with Gasteiger partial charge in [0.05, 0.1) is 16.7 Å². The number of carbonyl (C=O) groups excluding carboxylic acids is 1. The number of aromatic nitrogens is 1. The molecule has 0 radical (unpaired) electrons. The molecule has 3 heteroatoms. The van der Waals surface area contributed by atoms with Crippen molar-refractivity contribution in [1.82, 2.24) is 4.57 Å². The minimum Gasteiger partial charge on any atom is -0.423 e. The van der Waals surface area contributed by atoms with E-state index in [9.17, 15) is 4.79 Å². The summed E-state index contributed by atoms with van der Waals surface area (Å²) in [6.45, 7) is 3.49. The van der Waals surface area contributed by atoms with Gasteiger partial charge in [0.25, 0.3) is 0 Å². The normalized spacial score (nSPS) is 11.6. The van der Waals surface area contributed by atoms with Crippen molar-refractivity contribution in [3.8, 4) is 44.8 Å². The number of ether oxygens (including phenoxy) is 1. The molecule has 36 heavy (non-hydrogen) atoms. The van der Waals surface area contributed by atoms with E-state index >= 15 is 0 Å². The summed E-state index contributed by atoms with van der Waals surface area (Å²) in [5, 5.41) is 2.51. The standard InChI is InChI=1S/C33H21NO2/c1-2-32(35)36-23-10-7-9-21(19-23)22-17-18-31-29(20-22)25-12-4-3-11-24(25)27-14-8-15-28-26-13-5-6-16-30(26)34(31)33(27)28/h2-20H,1H2. The third-order valence-electron chi connectivity index (χ3n) is 6.99. The molecule has 0 aliphatic carbocycles. The zero-order valence-electron chi connectivity index (χ0n) is 19.4. The van der Waals surface area contributed by atoms with Crippen LogP contribution in [0.2, 0.25) is 0 Å². The Bertz CT molecular complexity index is 1860. The van der Waals surface area contributed by atoms with Crippen LogP contribution in [0, 0.1) is 0 Å². The van der Waals surface area contributed by atoms with E-state index in [1.807, 2.05) is 18.2 Å². The number of esters is 1. The lowest BCUT2D eigenvalue weighted by Gasteiger charge is -2.15. The number of fused-ring (bicyclic) bond motifs is 8. The third kappa shape index (κ3) is 2.96. The SMILES string of the molecule is C=CC(=O)Oc1cccc(-c2ccc3c(c2)-c2ccccc2-c2cccc4c5ccccc5n-3c24)c1. The van der Waals surface area contributed by atoms with E-state index in [1.54, 1.807) is 6.07 Å². The fraction of sp³-hybridized carbons (Fsp3) is 0. The molecule has 7 rings (SSSR count). The average Bonchev–Trinajstić information content (AvgIpc) is 3.21. The quantitative estimate of drug-likeness (QED) is 0.150. The molecule has 0 atom stereocenters. The van der Waals surface area contributed by atoms with Crippen molar-refractivity contribution in [3.05, 3.63) is 122 Å². The lowest BCUT2D eigenvalue weighted by Crippen LogP contribution is -2.02. The Hall–Kier alpha value is -4.89. The Balaban J connectivity index is 1.53. The number of hydrogen-bond acceptors (Lipinski definition) is 2. The molecule has 0 unspecified atom stereocenters. The Morgan fingerprint density at radius 2 is 1.36 bits per heavy atom. The van der Waals surface area contributed by atoms with Gasteiger partial charge in [0.15, 0.2) is 0 Å². The maximum atomic E-state index is 11.7. The van der Waals surface area contributed by atoms with Gasteiger partial charge in [-0.2, -0.15) is 0 Å². The van der Waals surface area contributed by atoms with E-state index in [4.69, 9.17) is 4.74 Å². The van der Waals surface area contributed by atoms with Gasteiger partial charge in [-0.15, -0.1) is 0 Å². The second-order valence-corrected chi connectivity index (χ2v) is 8.98. The molecule has 0 saturated heterocycles. The van der Waals surface area contributed by atoms with E-state index in [0.717, 1.165) is 22.4 Å². The topological polar surface area (TPSA) is 31.2 Å². The molecule has 0 fully saturated rings. The predicted octanol–water partition coefficient (Wildman–Crippen LogP) is 8.19. The first-order valence-electron chi connectivity index (χ1n) is 11.9. The van der Waals surface area contributed by atoms with Gasteiger partial charge in [-0.25, -0.2) is 4.79 Å².